The second-order valence-corrected chi connectivity index (χ2v) is 23.1. The van der Waals surface area contributed by atoms with E-state index >= 15 is 0 Å². The summed E-state index contributed by atoms with van der Waals surface area (Å²) in [6, 6.07) is 9.44. The molecule has 2 aromatic heterocycles. The summed E-state index contributed by atoms with van der Waals surface area (Å²) in [6.45, 7) is 13.4. The van der Waals surface area contributed by atoms with Gasteiger partial charge in [0.2, 0.25) is 21.9 Å². The maximum absolute atomic E-state index is 13.6. The van der Waals surface area contributed by atoms with E-state index in [1.165, 1.54) is 22.5 Å². The lowest BCUT2D eigenvalue weighted by atomic mass is 9.86. The van der Waals surface area contributed by atoms with Gasteiger partial charge in [0.15, 0.2) is 0 Å². The highest BCUT2D eigenvalue weighted by Crippen LogP contribution is 2.40. The second kappa shape index (κ2) is 16.2. The molecule has 0 amide bonds. The number of fused-ring (bicyclic) bond motifs is 2. The number of hydrogen-bond acceptors (Lipinski definition) is 7. The van der Waals surface area contributed by atoms with Gasteiger partial charge in [0.25, 0.3) is 9.05 Å². The second-order valence-electron chi connectivity index (χ2n) is 18.6. The van der Waals surface area contributed by atoms with Crippen molar-refractivity contribution in [3.05, 3.63) is 48.0 Å². The molecule has 0 spiro atoms. The fraction of sp³-hybridized carbons (Fsp3) is 0.634. The Labute approximate surface area is 348 Å². The zero-order valence-electron chi connectivity index (χ0n) is 34.3. The number of sulfonamides is 1. The van der Waals surface area contributed by atoms with E-state index in [0.717, 1.165) is 22.7 Å². The number of carboxylic acid groups (broad SMARTS) is 1. The fourth-order valence-electron chi connectivity index (χ4n) is 8.42. The largest absolute Gasteiger partial charge is 0.481 e. The molecule has 59 heavy (non-hydrogen) atoms. The number of rotatable bonds is 8. The Kier molecular flexibility index (Phi) is 12.4. The van der Waals surface area contributed by atoms with Crippen LogP contribution in [0.1, 0.15) is 111 Å². The zero-order chi connectivity index (χ0) is 43.5. The average Bonchev–Trinajstić information content (AvgIpc) is 3.86. The minimum atomic E-state index is -3.84. The number of halogens is 5. The normalized spacial score (nSPS) is 21.2. The number of hydrogen-bond donors (Lipinski definition) is 1. The number of carboxylic acids is 1. The van der Waals surface area contributed by atoms with Crippen LogP contribution in [0.25, 0.3) is 22.1 Å². The van der Waals surface area contributed by atoms with Crippen LogP contribution in [-0.4, -0.2) is 76.3 Å². The molecular formula is C41H54ClF4N5O6S2. The Morgan fingerprint density at radius 3 is 1.51 bits per heavy atom. The van der Waals surface area contributed by atoms with Gasteiger partial charge < -0.3 is 14.2 Å². The number of carbonyl (C=O) groups is 1. The molecule has 2 aliphatic carbocycles. The van der Waals surface area contributed by atoms with Crippen molar-refractivity contribution in [2.24, 2.45) is 17.8 Å². The molecule has 1 aliphatic heterocycles. The van der Waals surface area contributed by atoms with Crippen LogP contribution in [0.2, 0.25) is 0 Å². The summed E-state index contributed by atoms with van der Waals surface area (Å²) in [5.74, 6) is -4.95. The molecule has 0 radical (unpaired) electrons. The van der Waals surface area contributed by atoms with Gasteiger partial charge in [-0.15, -0.1) is 0 Å². The molecule has 11 nitrogen and oxygen atoms in total. The molecule has 0 unspecified atom stereocenters. The Hall–Kier alpha value is -3.28. The SMILES string of the molecule is CC(C)(C)c1nc2cc(S(=O)(=O)Cl)ccc2n1CC1CCC(F)(F)CC1.CC(C)(C)c1nc2cc(S(=O)(=O)N3CC[C@H](C(=O)O)C3)ccc2n1CC1CCC(F)(F)CC1. The predicted octanol–water partition coefficient (Wildman–Crippen LogP) is 9.34. The topological polar surface area (TPSA) is 144 Å². The highest BCUT2D eigenvalue weighted by atomic mass is 35.7. The van der Waals surface area contributed by atoms with Gasteiger partial charge in [-0.2, -0.15) is 4.31 Å². The smallest absolute Gasteiger partial charge is 0.307 e. The van der Waals surface area contributed by atoms with Crippen molar-refractivity contribution in [2.75, 3.05) is 13.1 Å². The number of aliphatic carboxylic acids is 1. The molecule has 3 heterocycles. The van der Waals surface area contributed by atoms with E-state index in [-0.39, 0.29) is 71.2 Å². The maximum atomic E-state index is 13.6. The van der Waals surface area contributed by atoms with Gasteiger partial charge in [0.1, 0.15) is 11.6 Å². The quantitative estimate of drug-likeness (QED) is 0.136. The number of aromatic nitrogens is 4. The van der Waals surface area contributed by atoms with Crippen molar-refractivity contribution in [1.82, 2.24) is 23.4 Å². The Balaban J connectivity index is 0.000000204. The van der Waals surface area contributed by atoms with Crippen molar-refractivity contribution in [2.45, 2.75) is 145 Å². The van der Waals surface area contributed by atoms with Gasteiger partial charge in [-0.25, -0.2) is 44.4 Å². The van der Waals surface area contributed by atoms with Crippen LogP contribution in [0.5, 0.6) is 0 Å². The van der Waals surface area contributed by atoms with Crippen molar-refractivity contribution in [3.8, 4) is 0 Å². The lowest BCUT2D eigenvalue weighted by Gasteiger charge is -2.30. The van der Waals surface area contributed by atoms with E-state index in [2.05, 4.69) is 9.55 Å². The average molecular weight is 888 g/mol. The van der Waals surface area contributed by atoms with E-state index in [9.17, 15) is 44.3 Å². The molecule has 2 saturated carbocycles. The third-order valence-corrected chi connectivity index (χ3v) is 15.0. The molecule has 326 valence electrons. The molecule has 2 aromatic carbocycles. The van der Waals surface area contributed by atoms with Crippen LogP contribution in [-0.2, 0) is 47.8 Å². The zero-order valence-corrected chi connectivity index (χ0v) is 36.7. The molecule has 7 rings (SSSR count). The van der Waals surface area contributed by atoms with Crippen molar-refractivity contribution in [1.29, 1.82) is 0 Å². The van der Waals surface area contributed by atoms with Gasteiger partial charge in [-0.05, 0) is 80.3 Å². The summed E-state index contributed by atoms with van der Waals surface area (Å²) < 4.78 is 109. The molecule has 1 N–H and O–H groups in total. The van der Waals surface area contributed by atoms with E-state index in [4.69, 9.17) is 15.7 Å². The maximum Gasteiger partial charge on any atom is 0.307 e. The molecular weight excluding hydrogens is 834 g/mol. The highest BCUT2D eigenvalue weighted by Gasteiger charge is 2.39. The van der Waals surface area contributed by atoms with Crippen LogP contribution >= 0.6 is 10.7 Å². The van der Waals surface area contributed by atoms with E-state index < -0.39 is 42.8 Å². The third-order valence-electron chi connectivity index (χ3n) is 11.8. The van der Waals surface area contributed by atoms with Gasteiger partial charge >= 0.3 is 5.97 Å². The minimum Gasteiger partial charge on any atom is -0.481 e. The summed E-state index contributed by atoms with van der Waals surface area (Å²) >= 11 is 0. The van der Waals surface area contributed by atoms with E-state index in [0.29, 0.717) is 56.2 Å². The summed E-state index contributed by atoms with van der Waals surface area (Å²) in [6.07, 6.45) is 1.77. The Morgan fingerprint density at radius 2 is 1.14 bits per heavy atom. The number of benzene rings is 2. The van der Waals surface area contributed by atoms with Crippen molar-refractivity contribution in [3.63, 3.8) is 0 Å². The first-order chi connectivity index (χ1) is 27.1. The highest BCUT2D eigenvalue weighted by molar-refractivity contribution is 8.13. The summed E-state index contributed by atoms with van der Waals surface area (Å²) in [5, 5.41) is 9.21. The first-order valence-corrected chi connectivity index (χ1v) is 23.8. The standard InChI is InChI=1S/C23H31F2N3O4S.C18H23ClF2N2O2S/c1-22(2,3)21-26-18-12-17(33(31,32)27-11-8-16(14-27)20(29)30)4-5-19(18)28(21)13-15-6-9-23(24,25)10-7-15;1-17(2,3)16-22-14-10-13(26(19,24)25)4-5-15(14)23(16)11-12-6-8-18(20,21)9-7-12/h4-5,12,15-16H,6-11,13-14H2,1-3H3,(H,29,30);4-5,10,12H,6-9,11H2,1-3H3/t16-;/m0./s1. The molecule has 18 heteroatoms. The molecule has 1 atom stereocenters. The summed E-state index contributed by atoms with van der Waals surface area (Å²) in [5.41, 5.74) is 2.09. The van der Waals surface area contributed by atoms with Gasteiger partial charge in [0.05, 0.1) is 37.8 Å². The van der Waals surface area contributed by atoms with Crippen LogP contribution in [0.15, 0.2) is 46.2 Å². The summed E-state index contributed by atoms with van der Waals surface area (Å²) in [7, 11) is -2.23. The number of nitrogens with zero attached hydrogens (tertiary/aromatic N) is 5. The van der Waals surface area contributed by atoms with Crippen molar-refractivity contribution >= 4 is 57.8 Å². The van der Waals surface area contributed by atoms with E-state index in [1.807, 2.05) is 46.1 Å². The van der Waals surface area contributed by atoms with Gasteiger partial charge in [-0.1, -0.05) is 41.5 Å². The van der Waals surface area contributed by atoms with Gasteiger partial charge in [0, 0.05) is 73.4 Å². The monoisotopic (exact) mass is 887 g/mol. The lowest BCUT2D eigenvalue weighted by Crippen LogP contribution is -2.30. The summed E-state index contributed by atoms with van der Waals surface area (Å²) in [4.78, 5) is 20.7. The molecule has 1 saturated heterocycles. The lowest BCUT2D eigenvalue weighted by molar-refractivity contribution is -0.141. The number of imidazole rings is 2. The molecule has 3 aliphatic rings. The van der Waals surface area contributed by atoms with Crippen molar-refractivity contribution < 1.29 is 44.3 Å². The first-order valence-electron chi connectivity index (χ1n) is 20.1. The Bertz CT molecular complexity index is 2420. The fourth-order valence-corrected chi connectivity index (χ4v) is 10.7. The molecule has 0 bridgehead atoms. The van der Waals surface area contributed by atoms with Crippen LogP contribution in [0.3, 0.4) is 0 Å². The minimum absolute atomic E-state index is 0.00841. The molecule has 4 aromatic rings. The van der Waals surface area contributed by atoms with Crippen LogP contribution < -0.4 is 0 Å². The van der Waals surface area contributed by atoms with Gasteiger partial charge in [-0.3, -0.25) is 4.79 Å². The number of alkyl halides is 4. The predicted molar refractivity (Wildman–Crippen MR) is 218 cm³/mol. The first kappa shape index (κ1) is 45.3. The Morgan fingerprint density at radius 1 is 0.729 bits per heavy atom. The van der Waals surface area contributed by atoms with E-state index in [1.54, 1.807) is 18.2 Å². The van der Waals surface area contributed by atoms with Crippen LogP contribution in [0, 0.1) is 17.8 Å². The third kappa shape index (κ3) is 10.3. The molecule has 3 fully saturated rings. The van der Waals surface area contributed by atoms with Crippen LogP contribution in [0.4, 0.5) is 17.6 Å².